The minimum absolute atomic E-state index is 0.167. The number of benzene rings is 1. The number of nitrogens with one attached hydrogen (secondary N) is 2. The van der Waals surface area contributed by atoms with Crippen molar-refractivity contribution in [3.8, 4) is 0 Å². The molecule has 0 atom stereocenters. The van der Waals surface area contributed by atoms with Gasteiger partial charge in [-0.15, -0.1) is 0 Å². The molecule has 0 aromatic heterocycles. The van der Waals surface area contributed by atoms with E-state index in [0.717, 1.165) is 0 Å². The maximum atomic E-state index is 10.3. The second kappa shape index (κ2) is 4.77. The second-order valence-electron chi connectivity index (χ2n) is 2.44. The third-order valence-corrected chi connectivity index (χ3v) is 1.92. The van der Waals surface area contributed by atoms with Gasteiger partial charge in [0.25, 0.3) is 0 Å². The first-order chi connectivity index (χ1) is 6.58. The Labute approximate surface area is 88.4 Å². The topological polar surface area (TPSA) is 84.2 Å². The van der Waals surface area contributed by atoms with Crippen LogP contribution < -0.4 is 15.8 Å². The molecule has 76 valence electrons. The Morgan fingerprint density at radius 2 is 1.71 bits per heavy atom. The average Bonchev–Trinajstić information content (AvgIpc) is 2.06. The molecule has 0 spiro atoms. The zero-order valence-corrected chi connectivity index (χ0v) is 8.77. The molecule has 0 heterocycles. The van der Waals surface area contributed by atoms with Gasteiger partial charge in [-0.05, 0) is 36.5 Å². The number of hydrogen-bond acceptors (Lipinski definition) is 3. The van der Waals surface area contributed by atoms with Crippen molar-refractivity contribution in [3.05, 3.63) is 24.3 Å². The summed E-state index contributed by atoms with van der Waals surface area (Å²) in [5.74, 6) is 0. The minimum Gasteiger partial charge on any atom is -0.376 e. The lowest BCUT2D eigenvalue weighted by Crippen LogP contribution is -2.18. The molecule has 0 saturated heterocycles. The standard InChI is InChI=1S/C7H9N3O2S2/c8-7(13)9-5-1-3-6(4-2-5)10-14(11)12/h1-4,14H,(H3,8,9,13)(H,10,11,12). The van der Waals surface area contributed by atoms with Crippen LogP contribution in [0.15, 0.2) is 24.3 Å². The van der Waals surface area contributed by atoms with Crippen LogP contribution in [0.3, 0.4) is 0 Å². The first-order valence-corrected chi connectivity index (χ1v) is 5.24. The SMILES string of the molecule is NC(=S)Nc1ccc(N[SH](=O)=O)cc1. The van der Waals surface area contributed by atoms with Crippen LogP contribution in [-0.2, 0) is 10.9 Å². The fourth-order valence-electron chi connectivity index (χ4n) is 0.876. The van der Waals surface area contributed by atoms with Gasteiger partial charge in [0.15, 0.2) is 5.11 Å². The second-order valence-corrected chi connectivity index (χ2v) is 3.61. The van der Waals surface area contributed by atoms with Crippen molar-refractivity contribution in [2.24, 2.45) is 5.73 Å². The van der Waals surface area contributed by atoms with E-state index in [0.29, 0.717) is 11.4 Å². The third kappa shape index (κ3) is 3.58. The summed E-state index contributed by atoms with van der Waals surface area (Å²) >= 11 is 4.63. The van der Waals surface area contributed by atoms with E-state index in [4.69, 9.17) is 5.73 Å². The lowest BCUT2D eigenvalue weighted by atomic mass is 10.3. The molecule has 0 aliphatic heterocycles. The highest BCUT2D eigenvalue weighted by atomic mass is 32.2. The average molecular weight is 231 g/mol. The van der Waals surface area contributed by atoms with E-state index in [2.05, 4.69) is 22.3 Å². The Morgan fingerprint density at radius 3 is 2.14 bits per heavy atom. The molecule has 0 aliphatic rings. The van der Waals surface area contributed by atoms with Gasteiger partial charge < -0.3 is 11.1 Å². The number of hydrogen-bond donors (Lipinski definition) is 4. The van der Waals surface area contributed by atoms with Gasteiger partial charge in [-0.2, -0.15) is 0 Å². The summed E-state index contributed by atoms with van der Waals surface area (Å²) in [5, 5.41) is 2.88. The Balaban J connectivity index is 2.73. The molecule has 1 rings (SSSR count). The van der Waals surface area contributed by atoms with E-state index in [-0.39, 0.29) is 5.11 Å². The van der Waals surface area contributed by atoms with Gasteiger partial charge in [0.2, 0.25) is 10.9 Å². The molecule has 0 aliphatic carbocycles. The van der Waals surface area contributed by atoms with E-state index in [9.17, 15) is 8.42 Å². The number of anilines is 2. The smallest absolute Gasteiger partial charge is 0.222 e. The normalized spacial score (nSPS) is 9.79. The fraction of sp³-hybridized carbons (Fsp3) is 0. The van der Waals surface area contributed by atoms with Crippen molar-refractivity contribution in [1.82, 2.24) is 0 Å². The summed E-state index contributed by atoms with van der Waals surface area (Å²) in [6.45, 7) is 0. The van der Waals surface area contributed by atoms with E-state index in [1.54, 1.807) is 24.3 Å². The van der Waals surface area contributed by atoms with Crippen LogP contribution in [0.5, 0.6) is 0 Å². The Morgan fingerprint density at radius 1 is 1.21 bits per heavy atom. The summed E-state index contributed by atoms with van der Waals surface area (Å²) in [4.78, 5) is 0. The minimum atomic E-state index is -2.62. The predicted molar refractivity (Wildman–Crippen MR) is 60.8 cm³/mol. The number of thiol groups is 1. The van der Waals surface area contributed by atoms with E-state index in [1.165, 1.54) is 0 Å². The number of rotatable bonds is 3. The third-order valence-electron chi connectivity index (χ3n) is 1.37. The molecular weight excluding hydrogens is 222 g/mol. The summed E-state index contributed by atoms with van der Waals surface area (Å²) in [7, 11) is -2.62. The molecule has 0 radical (unpaired) electrons. The molecule has 1 aromatic carbocycles. The van der Waals surface area contributed by atoms with Crippen LogP contribution in [0.25, 0.3) is 0 Å². The predicted octanol–water partition coefficient (Wildman–Crippen LogP) is 0.280. The molecule has 7 heteroatoms. The molecule has 0 amide bonds. The zero-order valence-electron chi connectivity index (χ0n) is 7.06. The van der Waals surface area contributed by atoms with Crippen LogP contribution in [0.2, 0.25) is 0 Å². The van der Waals surface area contributed by atoms with Crippen LogP contribution in [0.4, 0.5) is 11.4 Å². The van der Waals surface area contributed by atoms with Gasteiger partial charge in [-0.1, -0.05) is 0 Å². The molecule has 5 nitrogen and oxygen atoms in total. The van der Waals surface area contributed by atoms with Crippen molar-refractivity contribution in [1.29, 1.82) is 0 Å². The summed E-state index contributed by atoms with van der Waals surface area (Å²) in [5.41, 5.74) is 6.46. The monoisotopic (exact) mass is 231 g/mol. The molecule has 4 N–H and O–H groups in total. The van der Waals surface area contributed by atoms with E-state index in [1.807, 2.05) is 0 Å². The van der Waals surface area contributed by atoms with Crippen LogP contribution in [0.1, 0.15) is 0 Å². The highest BCUT2D eigenvalue weighted by Gasteiger charge is 1.94. The van der Waals surface area contributed by atoms with Gasteiger partial charge in [0, 0.05) is 11.4 Å². The Bertz CT molecular complexity index is 392. The first kappa shape index (κ1) is 10.7. The molecule has 0 saturated carbocycles. The highest BCUT2D eigenvalue weighted by Crippen LogP contribution is 2.12. The first-order valence-electron chi connectivity index (χ1n) is 3.65. The Hall–Kier alpha value is -1.34. The zero-order chi connectivity index (χ0) is 10.6. The van der Waals surface area contributed by atoms with Crippen molar-refractivity contribution in [3.63, 3.8) is 0 Å². The lowest BCUT2D eigenvalue weighted by Gasteiger charge is -2.04. The molecule has 0 bridgehead atoms. The maximum Gasteiger partial charge on any atom is 0.222 e. The summed E-state index contributed by atoms with van der Waals surface area (Å²) in [6, 6.07) is 6.54. The van der Waals surface area contributed by atoms with Crippen LogP contribution >= 0.6 is 12.2 Å². The van der Waals surface area contributed by atoms with Gasteiger partial charge in [-0.25, -0.2) is 8.42 Å². The van der Waals surface area contributed by atoms with Crippen LogP contribution in [0, 0.1) is 0 Å². The molecular formula is C7H9N3O2S2. The summed E-state index contributed by atoms with van der Waals surface area (Å²) < 4.78 is 22.8. The largest absolute Gasteiger partial charge is 0.376 e. The van der Waals surface area contributed by atoms with Crippen molar-refractivity contribution in [2.45, 2.75) is 0 Å². The quantitative estimate of drug-likeness (QED) is 0.443. The molecule has 1 aromatic rings. The van der Waals surface area contributed by atoms with Gasteiger partial charge >= 0.3 is 0 Å². The summed E-state index contributed by atoms with van der Waals surface area (Å²) in [6.07, 6.45) is 0. The van der Waals surface area contributed by atoms with Crippen molar-refractivity contribution < 1.29 is 8.42 Å². The van der Waals surface area contributed by atoms with Crippen LogP contribution in [-0.4, -0.2) is 13.5 Å². The molecule has 0 fully saturated rings. The molecule has 14 heavy (non-hydrogen) atoms. The molecule has 0 unspecified atom stereocenters. The number of thiocarbonyl (C=S) groups is 1. The van der Waals surface area contributed by atoms with E-state index >= 15 is 0 Å². The lowest BCUT2D eigenvalue weighted by molar-refractivity contribution is 0.619. The Kier molecular flexibility index (Phi) is 3.66. The van der Waals surface area contributed by atoms with Crippen molar-refractivity contribution in [2.75, 3.05) is 10.0 Å². The fourth-order valence-corrected chi connectivity index (χ4v) is 1.35. The van der Waals surface area contributed by atoms with E-state index < -0.39 is 10.9 Å². The maximum absolute atomic E-state index is 10.3. The van der Waals surface area contributed by atoms with Gasteiger partial charge in [0.1, 0.15) is 0 Å². The highest BCUT2D eigenvalue weighted by molar-refractivity contribution is 7.80. The van der Waals surface area contributed by atoms with Gasteiger partial charge in [-0.3, -0.25) is 4.72 Å². The van der Waals surface area contributed by atoms with Crippen molar-refractivity contribution >= 4 is 39.6 Å². The van der Waals surface area contributed by atoms with Gasteiger partial charge in [0.05, 0.1) is 0 Å². The number of nitrogens with two attached hydrogens (primary N) is 1.